The van der Waals surface area contributed by atoms with Gasteiger partial charge in [-0.2, -0.15) is 0 Å². The van der Waals surface area contributed by atoms with Gasteiger partial charge in [-0.25, -0.2) is 0 Å². The zero-order chi connectivity index (χ0) is 20.9. The van der Waals surface area contributed by atoms with E-state index in [1.165, 1.54) is 37.7 Å². The number of hydrogen-bond donors (Lipinski definition) is 2. The number of H-pyrrole nitrogens is 1. The maximum Gasteiger partial charge on any atom is 0.253 e. The van der Waals surface area contributed by atoms with E-state index in [1.807, 2.05) is 12.1 Å². The second-order valence-corrected chi connectivity index (χ2v) is 9.09. The summed E-state index contributed by atoms with van der Waals surface area (Å²) < 4.78 is 5.88. The van der Waals surface area contributed by atoms with Crippen molar-refractivity contribution in [3.05, 3.63) is 45.7 Å². The Morgan fingerprint density at radius 1 is 1.20 bits per heavy atom. The molecule has 0 amide bonds. The van der Waals surface area contributed by atoms with Gasteiger partial charge in [0.25, 0.3) is 5.56 Å². The molecule has 0 radical (unpaired) electrons. The highest BCUT2D eigenvalue weighted by molar-refractivity contribution is 7.80. The van der Waals surface area contributed by atoms with E-state index in [0.29, 0.717) is 12.6 Å². The number of pyridine rings is 1. The first-order valence-electron chi connectivity index (χ1n) is 11.4. The van der Waals surface area contributed by atoms with Gasteiger partial charge in [-0.05, 0) is 73.5 Å². The van der Waals surface area contributed by atoms with Crippen molar-refractivity contribution < 1.29 is 4.74 Å². The number of aryl methyl sites for hydroxylation is 1. The zero-order valence-corrected chi connectivity index (χ0v) is 18.7. The average molecular weight is 428 g/mol. The molecule has 2 heterocycles. The number of nitrogens with one attached hydrogen (secondary N) is 2. The lowest BCUT2D eigenvalue weighted by Gasteiger charge is -2.32. The molecule has 5 nitrogen and oxygen atoms in total. The normalized spacial score (nSPS) is 19.8. The molecular weight excluding hydrogens is 394 g/mol. The molecule has 2 aliphatic rings. The number of hydrogen-bond acceptors (Lipinski definition) is 3. The molecule has 1 saturated carbocycles. The zero-order valence-electron chi connectivity index (χ0n) is 17.9. The second kappa shape index (κ2) is 9.92. The number of rotatable bonds is 6. The van der Waals surface area contributed by atoms with Crippen LogP contribution in [0.3, 0.4) is 0 Å². The monoisotopic (exact) mass is 427 g/mol. The fourth-order valence-electron chi connectivity index (χ4n) is 4.61. The smallest absolute Gasteiger partial charge is 0.253 e. The third kappa shape index (κ3) is 5.22. The van der Waals surface area contributed by atoms with Crippen LogP contribution in [0.15, 0.2) is 29.1 Å². The number of benzene rings is 1. The minimum Gasteiger partial charge on any atom is -0.376 e. The lowest BCUT2D eigenvalue weighted by atomic mass is 9.96. The Morgan fingerprint density at radius 3 is 2.77 bits per heavy atom. The van der Waals surface area contributed by atoms with Crippen molar-refractivity contribution in [3.8, 4) is 0 Å². The summed E-state index contributed by atoms with van der Waals surface area (Å²) in [6.45, 7) is 4.19. The number of thiocarbonyl (C=S) groups is 1. The average Bonchev–Trinajstić information content (AvgIpc) is 3.27. The quantitative estimate of drug-likeness (QED) is 0.674. The van der Waals surface area contributed by atoms with E-state index in [9.17, 15) is 4.79 Å². The van der Waals surface area contributed by atoms with Crippen molar-refractivity contribution in [2.45, 2.75) is 77.0 Å². The summed E-state index contributed by atoms with van der Waals surface area (Å²) in [5.41, 5.74) is 2.87. The Balaban J connectivity index is 1.55. The number of fused-ring (bicyclic) bond motifs is 1. The topological polar surface area (TPSA) is 57.4 Å². The Kier molecular flexibility index (Phi) is 7.05. The van der Waals surface area contributed by atoms with E-state index < -0.39 is 0 Å². The molecule has 1 aliphatic heterocycles. The fourth-order valence-corrected chi connectivity index (χ4v) is 4.92. The molecule has 1 aliphatic carbocycles. The van der Waals surface area contributed by atoms with Gasteiger partial charge in [-0.3, -0.25) is 4.79 Å². The molecule has 2 N–H and O–H groups in total. The van der Waals surface area contributed by atoms with E-state index in [4.69, 9.17) is 17.0 Å². The number of nitrogens with zero attached hydrogens (tertiary/aromatic N) is 1. The van der Waals surface area contributed by atoms with Crippen LogP contribution in [0.4, 0.5) is 0 Å². The molecule has 1 atom stereocenters. The van der Waals surface area contributed by atoms with Gasteiger partial charge in [-0.15, -0.1) is 0 Å². The van der Waals surface area contributed by atoms with Crippen LogP contribution in [0, 0.1) is 0 Å². The minimum atomic E-state index is -0.0374. The van der Waals surface area contributed by atoms with Crippen LogP contribution in [0.1, 0.15) is 63.0 Å². The van der Waals surface area contributed by atoms with Crippen molar-refractivity contribution in [2.75, 3.05) is 13.2 Å². The van der Waals surface area contributed by atoms with Gasteiger partial charge in [0, 0.05) is 30.3 Å². The highest BCUT2D eigenvalue weighted by Gasteiger charge is 2.24. The maximum absolute atomic E-state index is 12.8. The van der Waals surface area contributed by atoms with Crippen LogP contribution >= 0.6 is 12.2 Å². The van der Waals surface area contributed by atoms with E-state index in [1.54, 1.807) is 0 Å². The molecule has 162 valence electrons. The van der Waals surface area contributed by atoms with Crippen LogP contribution in [-0.4, -0.2) is 40.3 Å². The van der Waals surface area contributed by atoms with Crippen LogP contribution in [0.2, 0.25) is 0 Å². The SMILES string of the molecule is CCc1ccc2[nH]c(=O)c(CN(CC3CCCO3)C(=S)NC3CCCCC3)cc2c1. The number of aromatic amines is 1. The predicted molar refractivity (Wildman–Crippen MR) is 126 cm³/mol. The minimum absolute atomic E-state index is 0.0374. The van der Waals surface area contributed by atoms with Crippen molar-refractivity contribution >= 4 is 28.2 Å². The summed E-state index contributed by atoms with van der Waals surface area (Å²) in [6, 6.07) is 8.71. The van der Waals surface area contributed by atoms with Gasteiger partial charge >= 0.3 is 0 Å². The first-order valence-corrected chi connectivity index (χ1v) is 11.8. The lowest BCUT2D eigenvalue weighted by Crippen LogP contribution is -2.47. The molecule has 6 heteroatoms. The third-order valence-corrected chi connectivity index (χ3v) is 6.80. The predicted octanol–water partition coefficient (Wildman–Crippen LogP) is 4.28. The molecule has 0 spiro atoms. The van der Waals surface area contributed by atoms with Gasteiger partial charge in [0.05, 0.1) is 12.6 Å². The summed E-state index contributed by atoms with van der Waals surface area (Å²) in [5.74, 6) is 0. The van der Waals surface area contributed by atoms with Gasteiger partial charge in [0.15, 0.2) is 5.11 Å². The Labute approximate surface area is 184 Å². The maximum atomic E-state index is 12.8. The Morgan fingerprint density at radius 2 is 2.03 bits per heavy atom. The summed E-state index contributed by atoms with van der Waals surface area (Å²) in [7, 11) is 0. The molecule has 1 aromatic heterocycles. The van der Waals surface area contributed by atoms with Crippen LogP contribution in [-0.2, 0) is 17.7 Å². The summed E-state index contributed by atoms with van der Waals surface area (Å²) in [4.78, 5) is 18.0. The molecule has 1 unspecified atom stereocenters. The van der Waals surface area contributed by atoms with Crippen molar-refractivity contribution in [1.82, 2.24) is 15.2 Å². The second-order valence-electron chi connectivity index (χ2n) is 8.70. The van der Waals surface area contributed by atoms with E-state index in [0.717, 1.165) is 54.0 Å². The van der Waals surface area contributed by atoms with E-state index >= 15 is 0 Å². The molecule has 0 bridgehead atoms. The summed E-state index contributed by atoms with van der Waals surface area (Å²) in [5, 5.41) is 5.40. The molecule has 4 rings (SSSR count). The van der Waals surface area contributed by atoms with Crippen molar-refractivity contribution in [3.63, 3.8) is 0 Å². The van der Waals surface area contributed by atoms with E-state index in [2.05, 4.69) is 34.3 Å². The van der Waals surface area contributed by atoms with Crippen LogP contribution in [0.5, 0.6) is 0 Å². The van der Waals surface area contributed by atoms with Crippen LogP contribution in [0.25, 0.3) is 10.9 Å². The van der Waals surface area contributed by atoms with Crippen molar-refractivity contribution in [2.24, 2.45) is 0 Å². The standard InChI is InChI=1S/C24H33N3O2S/c1-2-17-10-11-22-18(13-17)14-19(23(28)26-22)15-27(16-21-9-6-12-29-21)24(30)25-20-7-4-3-5-8-20/h10-11,13-14,20-21H,2-9,12,15-16H2,1H3,(H,25,30)(H,26,28). The first-order chi connectivity index (χ1) is 14.6. The van der Waals surface area contributed by atoms with Gasteiger partial charge in [0.2, 0.25) is 0 Å². The van der Waals surface area contributed by atoms with Crippen LogP contribution < -0.4 is 10.9 Å². The van der Waals surface area contributed by atoms with Gasteiger partial charge in [-0.1, -0.05) is 32.3 Å². The summed E-state index contributed by atoms with van der Waals surface area (Å²) in [6.07, 6.45) is 9.48. The number of aromatic nitrogens is 1. The van der Waals surface area contributed by atoms with Crippen molar-refractivity contribution in [1.29, 1.82) is 0 Å². The summed E-state index contributed by atoms with van der Waals surface area (Å²) >= 11 is 5.82. The molecule has 1 aromatic carbocycles. The molecular formula is C24H33N3O2S. The molecule has 2 aromatic rings. The Bertz CT molecular complexity index is 930. The molecule has 1 saturated heterocycles. The van der Waals surface area contributed by atoms with Gasteiger partial charge < -0.3 is 19.9 Å². The molecule has 30 heavy (non-hydrogen) atoms. The van der Waals surface area contributed by atoms with E-state index in [-0.39, 0.29) is 11.7 Å². The highest BCUT2D eigenvalue weighted by atomic mass is 32.1. The Hall–Kier alpha value is -1.92. The largest absolute Gasteiger partial charge is 0.376 e. The third-order valence-electron chi connectivity index (χ3n) is 6.42. The lowest BCUT2D eigenvalue weighted by molar-refractivity contribution is 0.0894. The number of ether oxygens (including phenoxy) is 1. The first kappa shape index (κ1) is 21.3. The highest BCUT2D eigenvalue weighted by Crippen LogP contribution is 2.20. The fraction of sp³-hybridized carbons (Fsp3) is 0.583. The molecule has 2 fully saturated rings. The van der Waals surface area contributed by atoms with Gasteiger partial charge in [0.1, 0.15) is 0 Å².